The molecule has 2 aromatic rings. The van der Waals surface area contributed by atoms with Gasteiger partial charge in [-0.05, 0) is 43.3 Å². The molecule has 2 rings (SSSR count). The van der Waals surface area contributed by atoms with Gasteiger partial charge in [0.05, 0.1) is 12.2 Å². The number of carbonyl (C=O) groups excluding carboxylic acids is 2. The van der Waals surface area contributed by atoms with Crippen molar-refractivity contribution in [3.8, 4) is 11.8 Å². The van der Waals surface area contributed by atoms with Gasteiger partial charge in [0.1, 0.15) is 0 Å². The highest BCUT2D eigenvalue weighted by Crippen LogP contribution is 2.10. The number of hydrogen-bond acceptors (Lipinski definition) is 3. The molecule has 0 saturated heterocycles. The average molecular weight is 293 g/mol. The Bertz CT molecular complexity index is 709. The van der Waals surface area contributed by atoms with Gasteiger partial charge >= 0.3 is 11.9 Å². The summed E-state index contributed by atoms with van der Waals surface area (Å²) in [5.74, 6) is 4.49. The van der Waals surface area contributed by atoms with E-state index in [0.29, 0.717) is 17.9 Å². The van der Waals surface area contributed by atoms with Gasteiger partial charge < -0.3 is 10.1 Å². The number of ether oxygens (including phenoxy) is 1. The molecule has 4 nitrogen and oxygen atoms in total. The molecule has 0 unspecified atom stereocenters. The van der Waals surface area contributed by atoms with Crippen LogP contribution in [0.2, 0.25) is 0 Å². The maximum atomic E-state index is 11.7. The van der Waals surface area contributed by atoms with E-state index in [2.05, 4.69) is 17.2 Å². The SMILES string of the molecule is CCOC(=O)c1ccc(NC(=O)C#Cc2ccccc2)cc1. The van der Waals surface area contributed by atoms with Crippen molar-refractivity contribution in [1.29, 1.82) is 0 Å². The molecule has 1 N–H and O–H groups in total. The molecule has 0 radical (unpaired) electrons. The summed E-state index contributed by atoms with van der Waals surface area (Å²) in [5, 5.41) is 2.65. The van der Waals surface area contributed by atoms with E-state index in [1.807, 2.05) is 30.3 Å². The van der Waals surface area contributed by atoms with Crippen LogP contribution in [-0.4, -0.2) is 18.5 Å². The predicted octanol–water partition coefficient (Wildman–Crippen LogP) is 2.85. The first-order valence-electron chi connectivity index (χ1n) is 6.84. The van der Waals surface area contributed by atoms with Gasteiger partial charge in [-0.25, -0.2) is 4.79 Å². The molecule has 0 aliphatic carbocycles. The van der Waals surface area contributed by atoms with Gasteiger partial charge in [-0.3, -0.25) is 4.79 Å². The first kappa shape index (κ1) is 15.3. The van der Waals surface area contributed by atoms with Gasteiger partial charge in [0.25, 0.3) is 0 Å². The lowest BCUT2D eigenvalue weighted by Gasteiger charge is -2.03. The zero-order valence-corrected chi connectivity index (χ0v) is 12.1. The molecule has 0 fully saturated rings. The number of esters is 1. The van der Waals surface area contributed by atoms with Crippen LogP contribution >= 0.6 is 0 Å². The smallest absolute Gasteiger partial charge is 0.338 e. The lowest BCUT2D eigenvalue weighted by Crippen LogP contribution is -2.09. The van der Waals surface area contributed by atoms with Crippen molar-refractivity contribution in [2.24, 2.45) is 0 Å². The molecule has 4 heteroatoms. The maximum Gasteiger partial charge on any atom is 0.338 e. The molecule has 2 aromatic carbocycles. The molecular formula is C18H15NO3. The molecule has 0 heterocycles. The zero-order valence-electron chi connectivity index (χ0n) is 12.1. The summed E-state index contributed by atoms with van der Waals surface area (Å²) in [6, 6.07) is 15.7. The van der Waals surface area contributed by atoms with Crippen LogP contribution in [0.15, 0.2) is 54.6 Å². The summed E-state index contributed by atoms with van der Waals surface area (Å²) in [7, 11) is 0. The van der Waals surface area contributed by atoms with Crippen LogP contribution < -0.4 is 5.32 Å². The number of nitrogens with one attached hydrogen (secondary N) is 1. The van der Waals surface area contributed by atoms with Crippen molar-refractivity contribution in [2.75, 3.05) is 11.9 Å². The van der Waals surface area contributed by atoms with E-state index >= 15 is 0 Å². The lowest BCUT2D eigenvalue weighted by atomic mass is 10.2. The van der Waals surface area contributed by atoms with Crippen molar-refractivity contribution < 1.29 is 14.3 Å². The quantitative estimate of drug-likeness (QED) is 0.699. The summed E-state index contributed by atoms with van der Waals surface area (Å²) in [4.78, 5) is 23.2. The largest absolute Gasteiger partial charge is 0.462 e. The van der Waals surface area contributed by atoms with Crippen LogP contribution in [0.3, 0.4) is 0 Å². The van der Waals surface area contributed by atoms with E-state index in [0.717, 1.165) is 5.56 Å². The molecule has 1 amide bonds. The molecule has 0 bridgehead atoms. The van der Waals surface area contributed by atoms with Gasteiger partial charge in [0.2, 0.25) is 0 Å². The number of benzene rings is 2. The fraction of sp³-hybridized carbons (Fsp3) is 0.111. The van der Waals surface area contributed by atoms with Gasteiger partial charge in [-0.15, -0.1) is 0 Å². The van der Waals surface area contributed by atoms with Crippen molar-refractivity contribution in [1.82, 2.24) is 0 Å². The maximum absolute atomic E-state index is 11.7. The molecular weight excluding hydrogens is 278 g/mol. The zero-order chi connectivity index (χ0) is 15.8. The van der Waals surface area contributed by atoms with E-state index in [9.17, 15) is 9.59 Å². The summed E-state index contributed by atoms with van der Waals surface area (Å²) >= 11 is 0. The summed E-state index contributed by atoms with van der Waals surface area (Å²) in [6.07, 6.45) is 0. The summed E-state index contributed by atoms with van der Waals surface area (Å²) < 4.78 is 4.89. The van der Waals surface area contributed by atoms with E-state index < -0.39 is 5.91 Å². The number of amides is 1. The van der Waals surface area contributed by atoms with E-state index in [4.69, 9.17) is 4.74 Å². The van der Waals surface area contributed by atoms with E-state index in [1.54, 1.807) is 31.2 Å². The topological polar surface area (TPSA) is 55.4 Å². The molecule has 0 atom stereocenters. The third kappa shape index (κ3) is 4.50. The first-order chi connectivity index (χ1) is 10.7. The molecule has 0 aromatic heterocycles. The fourth-order valence-electron chi connectivity index (χ4n) is 1.72. The first-order valence-corrected chi connectivity index (χ1v) is 6.84. The van der Waals surface area contributed by atoms with Crippen molar-refractivity contribution in [2.45, 2.75) is 6.92 Å². The minimum atomic E-state index is -0.410. The minimum Gasteiger partial charge on any atom is -0.462 e. The molecule has 0 spiro atoms. The number of anilines is 1. The van der Waals surface area contributed by atoms with Crippen molar-refractivity contribution >= 4 is 17.6 Å². The van der Waals surface area contributed by atoms with Crippen LogP contribution in [0.1, 0.15) is 22.8 Å². The highest BCUT2D eigenvalue weighted by molar-refractivity contribution is 6.04. The Morgan fingerprint density at radius 2 is 1.73 bits per heavy atom. The molecule has 0 saturated carbocycles. The number of rotatable bonds is 3. The highest BCUT2D eigenvalue weighted by atomic mass is 16.5. The second kappa shape index (κ2) is 7.65. The Balaban J connectivity index is 1.98. The molecule has 0 aliphatic rings. The lowest BCUT2D eigenvalue weighted by molar-refractivity contribution is -0.111. The monoisotopic (exact) mass is 293 g/mol. The van der Waals surface area contributed by atoms with E-state index in [1.165, 1.54) is 0 Å². The van der Waals surface area contributed by atoms with Gasteiger partial charge in [-0.1, -0.05) is 24.1 Å². The number of hydrogen-bond donors (Lipinski definition) is 1. The normalized spacial score (nSPS) is 9.32. The van der Waals surface area contributed by atoms with Gasteiger partial charge in [-0.2, -0.15) is 0 Å². The fourth-order valence-corrected chi connectivity index (χ4v) is 1.72. The second-order valence-corrected chi connectivity index (χ2v) is 4.37. The highest BCUT2D eigenvalue weighted by Gasteiger charge is 2.06. The Labute approximate surface area is 129 Å². The average Bonchev–Trinajstić information content (AvgIpc) is 2.55. The third-order valence-electron chi connectivity index (χ3n) is 2.75. The predicted molar refractivity (Wildman–Crippen MR) is 84.3 cm³/mol. The Hall–Kier alpha value is -3.06. The van der Waals surface area contributed by atoms with Crippen LogP contribution in [0, 0.1) is 11.8 Å². The standard InChI is InChI=1S/C18H15NO3/c1-2-22-18(21)15-9-11-16(12-10-15)19-17(20)13-8-14-6-4-3-5-7-14/h3-7,9-12H,2H2,1H3,(H,19,20). The van der Waals surface area contributed by atoms with Crippen molar-refractivity contribution in [3.63, 3.8) is 0 Å². The van der Waals surface area contributed by atoms with Crippen molar-refractivity contribution in [3.05, 3.63) is 65.7 Å². The Morgan fingerprint density at radius 1 is 1.05 bits per heavy atom. The Kier molecular flexibility index (Phi) is 5.33. The van der Waals surface area contributed by atoms with E-state index in [-0.39, 0.29) is 5.97 Å². The van der Waals surface area contributed by atoms with Crippen LogP contribution in [-0.2, 0) is 9.53 Å². The van der Waals surface area contributed by atoms with Crippen LogP contribution in [0.25, 0.3) is 0 Å². The van der Waals surface area contributed by atoms with Gasteiger partial charge in [0, 0.05) is 17.2 Å². The Morgan fingerprint density at radius 3 is 2.36 bits per heavy atom. The van der Waals surface area contributed by atoms with Gasteiger partial charge in [0.15, 0.2) is 0 Å². The minimum absolute atomic E-state index is 0.326. The number of carbonyl (C=O) groups is 2. The molecule has 0 aliphatic heterocycles. The summed E-state index contributed by atoms with van der Waals surface area (Å²) in [6.45, 7) is 2.07. The summed E-state index contributed by atoms with van der Waals surface area (Å²) in [5.41, 5.74) is 1.78. The third-order valence-corrected chi connectivity index (χ3v) is 2.75. The van der Waals surface area contributed by atoms with Crippen LogP contribution in [0.4, 0.5) is 5.69 Å². The van der Waals surface area contributed by atoms with Crippen LogP contribution in [0.5, 0.6) is 0 Å². The second-order valence-electron chi connectivity index (χ2n) is 4.37. The molecule has 22 heavy (non-hydrogen) atoms. The molecule has 110 valence electrons.